The minimum absolute atomic E-state index is 0.0192. The largest absolute Gasteiger partial charge is 0.418 e. The lowest BCUT2D eigenvalue weighted by molar-refractivity contribution is -0.136. The van der Waals surface area contributed by atoms with Crippen LogP contribution in [0.25, 0.3) is 22.2 Å². The van der Waals surface area contributed by atoms with Crippen molar-refractivity contribution in [2.75, 3.05) is 10.6 Å². The summed E-state index contributed by atoms with van der Waals surface area (Å²) in [5, 5.41) is 8.91. The van der Waals surface area contributed by atoms with Gasteiger partial charge in [0.1, 0.15) is 28.8 Å². The number of alkyl halides is 3. The predicted octanol–water partition coefficient (Wildman–Crippen LogP) is 7.97. The van der Waals surface area contributed by atoms with E-state index in [9.17, 15) is 35.5 Å². The number of benzene rings is 4. The molecule has 0 unspecified atom stereocenters. The molecule has 0 fully saturated rings. The second kappa shape index (κ2) is 10.4. The smallest absolute Gasteiger partial charge is 0.308 e. The predicted molar refractivity (Wildman–Crippen MR) is 135 cm³/mol. The average molecular weight is 558 g/mol. The van der Waals surface area contributed by atoms with Crippen molar-refractivity contribution < 1.29 is 35.5 Å². The summed E-state index contributed by atoms with van der Waals surface area (Å²) in [6.45, 7) is -0.662. The molecule has 0 radical (unpaired) electrons. The molecule has 5 aromatic rings. The Morgan fingerprint density at radius 1 is 0.800 bits per heavy atom. The van der Waals surface area contributed by atoms with Gasteiger partial charge in [-0.2, -0.15) is 18.3 Å². The van der Waals surface area contributed by atoms with E-state index in [-0.39, 0.29) is 28.0 Å². The van der Waals surface area contributed by atoms with Crippen LogP contribution in [0.15, 0.2) is 78.9 Å². The zero-order chi connectivity index (χ0) is 28.6. The van der Waals surface area contributed by atoms with Gasteiger partial charge >= 0.3 is 12.2 Å². The van der Waals surface area contributed by atoms with Crippen molar-refractivity contribution in [3.63, 3.8) is 0 Å². The Bertz CT molecular complexity index is 1720. The molecule has 5 rings (SSSR count). The zero-order valence-electron chi connectivity index (χ0n) is 20.2. The number of aromatic nitrogens is 2. The number of anilines is 2. The third-order valence-electron chi connectivity index (χ3n) is 6.00. The van der Waals surface area contributed by atoms with Gasteiger partial charge in [0, 0.05) is 34.3 Å². The highest BCUT2D eigenvalue weighted by Crippen LogP contribution is 2.38. The minimum atomic E-state index is -4.78. The molecule has 0 aliphatic rings. The van der Waals surface area contributed by atoms with Gasteiger partial charge in [-0.25, -0.2) is 22.4 Å². The van der Waals surface area contributed by atoms with E-state index < -0.39 is 58.7 Å². The van der Waals surface area contributed by atoms with Crippen molar-refractivity contribution >= 4 is 28.3 Å². The summed E-state index contributed by atoms with van der Waals surface area (Å²) >= 11 is 0. The van der Waals surface area contributed by atoms with E-state index in [2.05, 4.69) is 15.7 Å². The molecule has 0 aliphatic carbocycles. The molecule has 1 aromatic heterocycles. The molecule has 2 amide bonds. The van der Waals surface area contributed by atoms with Gasteiger partial charge in [-0.15, -0.1) is 0 Å². The third kappa shape index (κ3) is 5.33. The topological polar surface area (TPSA) is 59.0 Å². The first kappa shape index (κ1) is 26.7. The summed E-state index contributed by atoms with van der Waals surface area (Å²) in [5.74, 6) is -4.29. The number of carbonyl (C=O) groups is 1. The normalized spacial score (nSPS) is 11.6. The molecule has 0 aliphatic heterocycles. The molecule has 40 heavy (non-hydrogen) atoms. The number of hydrogen-bond acceptors (Lipinski definition) is 2. The lowest BCUT2D eigenvalue weighted by Crippen LogP contribution is -2.20. The first-order chi connectivity index (χ1) is 19.0. The molecule has 0 saturated heterocycles. The van der Waals surface area contributed by atoms with Gasteiger partial charge in [-0.05, 0) is 30.3 Å². The lowest BCUT2D eigenvalue weighted by Gasteiger charge is -2.12. The first-order valence-electron chi connectivity index (χ1n) is 11.6. The van der Waals surface area contributed by atoms with Crippen molar-refractivity contribution in [2.45, 2.75) is 12.7 Å². The monoisotopic (exact) mass is 558 g/mol. The molecule has 1 heterocycles. The van der Waals surface area contributed by atoms with Gasteiger partial charge in [-0.1, -0.05) is 36.4 Å². The molecule has 204 valence electrons. The van der Waals surface area contributed by atoms with Crippen LogP contribution in [0.1, 0.15) is 11.1 Å². The molecule has 2 N–H and O–H groups in total. The van der Waals surface area contributed by atoms with Crippen molar-refractivity contribution in [2.24, 2.45) is 0 Å². The quantitative estimate of drug-likeness (QED) is 0.215. The van der Waals surface area contributed by atoms with E-state index in [1.54, 1.807) is 0 Å². The van der Waals surface area contributed by atoms with Crippen LogP contribution in [-0.4, -0.2) is 15.8 Å². The van der Waals surface area contributed by atoms with E-state index >= 15 is 0 Å². The number of urea groups is 1. The Labute approximate surface area is 221 Å². The number of carbonyl (C=O) groups excluding carboxylic acids is 1. The van der Waals surface area contributed by atoms with Gasteiger partial charge < -0.3 is 10.6 Å². The van der Waals surface area contributed by atoms with Crippen LogP contribution in [0, 0.1) is 23.3 Å². The Balaban J connectivity index is 1.59. The highest BCUT2D eigenvalue weighted by Gasteiger charge is 2.34. The SMILES string of the molecule is O=C(Nc1cccc(-c2c3cccc(C(F)(F)F)c3nn2Cc2c(F)cc(F)cc2F)c1)Nc1ccccc1F. The second-order valence-corrected chi connectivity index (χ2v) is 8.69. The molecule has 4 aromatic carbocycles. The number of para-hydroxylation sites is 1. The van der Waals surface area contributed by atoms with E-state index in [0.29, 0.717) is 12.1 Å². The molecule has 0 atom stereocenters. The van der Waals surface area contributed by atoms with Crippen molar-refractivity contribution in [1.29, 1.82) is 0 Å². The Morgan fingerprint density at radius 3 is 2.20 bits per heavy atom. The van der Waals surface area contributed by atoms with Crippen LogP contribution >= 0.6 is 0 Å². The lowest BCUT2D eigenvalue weighted by atomic mass is 10.0. The minimum Gasteiger partial charge on any atom is -0.308 e. The molecule has 0 bridgehead atoms. The van der Waals surface area contributed by atoms with Crippen LogP contribution < -0.4 is 10.6 Å². The van der Waals surface area contributed by atoms with E-state index in [0.717, 1.165) is 16.8 Å². The van der Waals surface area contributed by atoms with Gasteiger partial charge in [0.2, 0.25) is 0 Å². The summed E-state index contributed by atoms with van der Waals surface area (Å²) < 4.78 is 98.7. The van der Waals surface area contributed by atoms with Gasteiger partial charge in [0.25, 0.3) is 0 Å². The number of rotatable bonds is 5. The van der Waals surface area contributed by atoms with E-state index in [1.165, 1.54) is 54.6 Å². The number of nitrogens with one attached hydrogen (secondary N) is 2. The number of fused-ring (bicyclic) bond motifs is 1. The van der Waals surface area contributed by atoms with Crippen molar-refractivity contribution in [3.8, 4) is 11.3 Å². The molecule has 0 saturated carbocycles. The maximum absolute atomic E-state index is 14.5. The van der Waals surface area contributed by atoms with Crippen LogP contribution in [0.4, 0.5) is 46.9 Å². The fraction of sp³-hybridized carbons (Fsp3) is 0.0714. The summed E-state index contributed by atoms with van der Waals surface area (Å²) in [5.41, 5.74) is -1.74. The molecular formula is C28H17F7N4O. The second-order valence-electron chi connectivity index (χ2n) is 8.69. The van der Waals surface area contributed by atoms with Gasteiger partial charge in [0.15, 0.2) is 0 Å². The maximum atomic E-state index is 14.5. The highest BCUT2D eigenvalue weighted by atomic mass is 19.4. The molecule has 12 heteroatoms. The van der Waals surface area contributed by atoms with Gasteiger partial charge in [0.05, 0.1) is 23.5 Å². The van der Waals surface area contributed by atoms with Crippen molar-refractivity contribution in [3.05, 3.63) is 113 Å². The number of halogens is 7. The van der Waals surface area contributed by atoms with E-state index in [1.807, 2.05) is 0 Å². The Morgan fingerprint density at radius 2 is 1.50 bits per heavy atom. The van der Waals surface area contributed by atoms with Crippen molar-refractivity contribution in [1.82, 2.24) is 9.78 Å². The number of amides is 2. The zero-order valence-corrected chi connectivity index (χ0v) is 20.2. The first-order valence-corrected chi connectivity index (χ1v) is 11.6. The van der Waals surface area contributed by atoms with Crippen LogP contribution in [0.5, 0.6) is 0 Å². The average Bonchev–Trinajstić information content (AvgIpc) is 3.25. The summed E-state index contributed by atoms with van der Waals surface area (Å²) in [6.07, 6.45) is -4.78. The van der Waals surface area contributed by atoms with E-state index in [4.69, 9.17) is 0 Å². The fourth-order valence-corrected chi connectivity index (χ4v) is 4.26. The number of nitrogens with zero attached hydrogens (tertiary/aromatic N) is 2. The fourth-order valence-electron chi connectivity index (χ4n) is 4.26. The maximum Gasteiger partial charge on any atom is 0.418 e. The third-order valence-corrected chi connectivity index (χ3v) is 6.00. The summed E-state index contributed by atoms with van der Waals surface area (Å²) in [7, 11) is 0. The number of hydrogen-bond donors (Lipinski definition) is 2. The Kier molecular flexibility index (Phi) is 6.92. The Hall–Kier alpha value is -4.87. The summed E-state index contributed by atoms with van der Waals surface area (Å²) in [4.78, 5) is 12.5. The van der Waals surface area contributed by atoms with Gasteiger partial charge in [-0.3, -0.25) is 4.68 Å². The molecular weight excluding hydrogens is 541 g/mol. The molecule has 0 spiro atoms. The highest BCUT2D eigenvalue weighted by molar-refractivity contribution is 6.01. The van der Waals surface area contributed by atoms with Crippen LogP contribution in [0.2, 0.25) is 0 Å². The van der Waals surface area contributed by atoms with Crippen LogP contribution in [-0.2, 0) is 12.7 Å². The standard InChI is InChI=1S/C28H17F7N4O/c29-16-12-22(31)19(23(32)13-16)14-39-26(18-7-4-8-20(25(18)38-39)28(33,34)35)15-5-3-6-17(11-15)36-27(40)37-24-10-2-1-9-21(24)30/h1-13H,14H2,(H2,36,37,40). The summed E-state index contributed by atoms with van der Waals surface area (Å²) in [6, 6.07) is 14.8. The molecule has 5 nitrogen and oxygen atoms in total. The van der Waals surface area contributed by atoms with Crippen LogP contribution in [0.3, 0.4) is 0 Å².